The molecule has 1 aromatic heterocycles. The Morgan fingerprint density at radius 1 is 1.11 bits per heavy atom. The van der Waals surface area contributed by atoms with Crippen LogP contribution in [0.15, 0.2) is 42.5 Å². The number of para-hydroxylation sites is 1. The summed E-state index contributed by atoms with van der Waals surface area (Å²) in [7, 11) is 1.89. The number of halogens is 1. The van der Waals surface area contributed by atoms with E-state index in [2.05, 4.69) is 4.98 Å². The normalized spacial score (nSPS) is 11.0. The summed E-state index contributed by atoms with van der Waals surface area (Å²) in [5.41, 5.74) is 2.49. The number of hydrogen-bond donors (Lipinski definition) is 1. The molecule has 4 heteroatoms. The topological polar surface area (TPSA) is 38.0 Å². The fourth-order valence-electron chi connectivity index (χ4n) is 2.11. The van der Waals surface area contributed by atoms with E-state index < -0.39 is 0 Å². The van der Waals surface area contributed by atoms with E-state index in [-0.39, 0.29) is 5.75 Å². The molecular formula is C14H11ClN2O. The van der Waals surface area contributed by atoms with E-state index in [1.54, 1.807) is 12.1 Å². The lowest BCUT2D eigenvalue weighted by Crippen LogP contribution is -1.92. The van der Waals surface area contributed by atoms with Gasteiger partial charge < -0.3 is 9.67 Å². The molecule has 2 aromatic carbocycles. The summed E-state index contributed by atoms with van der Waals surface area (Å²) in [6.07, 6.45) is 0. The monoisotopic (exact) mass is 258 g/mol. The van der Waals surface area contributed by atoms with Crippen molar-refractivity contribution in [2.75, 3.05) is 0 Å². The molecule has 3 nitrogen and oxygen atoms in total. The van der Waals surface area contributed by atoms with E-state index in [1.165, 1.54) is 0 Å². The Morgan fingerprint density at radius 3 is 2.50 bits per heavy atom. The van der Waals surface area contributed by atoms with Crippen LogP contribution >= 0.6 is 11.6 Å². The highest BCUT2D eigenvalue weighted by Gasteiger charge is 2.12. The van der Waals surface area contributed by atoms with E-state index in [1.807, 2.05) is 41.9 Å². The molecule has 0 aliphatic heterocycles. The maximum Gasteiger partial charge on any atom is 0.141 e. The van der Waals surface area contributed by atoms with E-state index in [9.17, 15) is 5.11 Å². The van der Waals surface area contributed by atoms with Crippen molar-refractivity contribution in [1.29, 1.82) is 0 Å². The molecule has 0 saturated carbocycles. The smallest absolute Gasteiger partial charge is 0.141 e. The van der Waals surface area contributed by atoms with Crippen molar-refractivity contribution < 1.29 is 5.11 Å². The number of nitrogens with zero attached hydrogens (tertiary/aromatic N) is 2. The number of fused-ring (bicyclic) bond motifs is 1. The summed E-state index contributed by atoms with van der Waals surface area (Å²) in [5, 5.41) is 10.6. The second-order valence-electron chi connectivity index (χ2n) is 4.15. The van der Waals surface area contributed by atoms with Gasteiger partial charge in [0.2, 0.25) is 0 Å². The van der Waals surface area contributed by atoms with Gasteiger partial charge >= 0.3 is 0 Å². The molecule has 90 valence electrons. The van der Waals surface area contributed by atoms with Crippen LogP contribution in [0.1, 0.15) is 0 Å². The summed E-state index contributed by atoms with van der Waals surface area (Å²) in [4.78, 5) is 4.53. The highest BCUT2D eigenvalue weighted by molar-refractivity contribution is 6.30. The predicted octanol–water partition coefficient (Wildman–Crippen LogP) is 3.60. The van der Waals surface area contributed by atoms with Gasteiger partial charge in [0, 0.05) is 17.6 Å². The van der Waals surface area contributed by atoms with Crippen molar-refractivity contribution in [2.24, 2.45) is 7.05 Å². The SMILES string of the molecule is Cn1c(-c2ccc(Cl)cc2)nc2cccc(O)c21. The number of hydrogen-bond acceptors (Lipinski definition) is 2. The lowest BCUT2D eigenvalue weighted by atomic mass is 10.2. The lowest BCUT2D eigenvalue weighted by molar-refractivity contribution is 0.479. The summed E-state index contributed by atoms with van der Waals surface area (Å²) in [6, 6.07) is 12.8. The summed E-state index contributed by atoms with van der Waals surface area (Å²) in [5.74, 6) is 1.05. The zero-order valence-electron chi connectivity index (χ0n) is 9.76. The maximum absolute atomic E-state index is 9.87. The lowest BCUT2D eigenvalue weighted by Gasteiger charge is -2.03. The second kappa shape index (κ2) is 4.03. The first-order valence-electron chi connectivity index (χ1n) is 5.57. The van der Waals surface area contributed by atoms with Crippen LogP contribution in [-0.4, -0.2) is 14.7 Å². The van der Waals surface area contributed by atoms with Crippen molar-refractivity contribution in [1.82, 2.24) is 9.55 Å². The molecule has 0 bridgehead atoms. The number of aryl methyl sites for hydroxylation is 1. The van der Waals surface area contributed by atoms with Gasteiger partial charge in [-0.3, -0.25) is 0 Å². The standard InChI is InChI=1S/C14H11ClN2O/c1-17-13-11(3-2-4-12(13)18)16-14(17)9-5-7-10(15)8-6-9/h2-8,18H,1H3. The Labute approximate surface area is 109 Å². The number of rotatable bonds is 1. The molecule has 0 aliphatic rings. The molecule has 0 unspecified atom stereocenters. The highest BCUT2D eigenvalue weighted by Crippen LogP contribution is 2.29. The van der Waals surface area contributed by atoms with E-state index in [4.69, 9.17) is 11.6 Å². The number of phenols is 1. The minimum absolute atomic E-state index is 0.239. The van der Waals surface area contributed by atoms with Crippen molar-refractivity contribution in [3.05, 3.63) is 47.5 Å². The van der Waals surface area contributed by atoms with Gasteiger partial charge in [0.1, 0.15) is 17.1 Å². The van der Waals surface area contributed by atoms with Crippen LogP contribution in [0.3, 0.4) is 0 Å². The fraction of sp³-hybridized carbons (Fsp3) is 0.0714. The molecule has 0 spiro atoms. The van der Waals surface area contributed by atoms with Crippen LogP contribution < -0.4 is 0 Å². The summed E-state index contributed by atoms with van der Waals surface area (Å²) < 4.78 is 1.88. The molecule has 18 heavy (non-hydrogen) atoms. The van der Waals surface area contributed by atoms with Crippen LogP contribution in [-0.2, 0) is 7.05 Å². The van der Waals surface area contributed by atoms with Gasteiger partial charge in [0.05, 0.1) is 5.52 Å². The van der Waals surface area contributed by atoms with Crippen molar-refractivity contribution >= 4 is 22.6 Å². The minimum atomic E-state index is 0.239. The number of imidazole rings is 1. The Hall–Kier alpha value is -2.00. The van der Waals surface area contributed by atoms with Gasteiger partial charge in [0.25, 0.3) is 0 Å². The zero-order valence-corrected chi connectivity index (χ0v) is 10.5. The van der Waals surface area contributed by atoms with E-state index >= 15 is 0 Å². The number of aromatic hydroxyl groups is 1. The van der Waals surface area contributed by atoms with Crippen LogP contribution in [0, 0.1) is 0 Å². The molecule has 1 heterocycles. The average Bonchev–Trinajstić information content (AvgIpc) is 2.69. The fourth-order valence-corrected chi connectivity index (χ4v) is 2.23. The third kappa shape index (κ3) is 1.64. The number of aromatic nitrogens is 2. The number of phenolic OH excluding ortho intramolecular Hbond substituents is 1. The molecular weight excluding hydrogens is 248 g/mol. The van der Waals surface area contributed by atoms with Crippen LogP contribution in [0.25, 0.3) is 22.4 Å². The molecule has 3 aromatic rings. The van der Waals surface area contributed by atoms with Crippen molar-refractivity contribution in [3.8, 4) is 17.1 Å². The maximum atomic E-state index is 9.87. The molecule has 0 amide bonds. The predicted molar refractivity (Wildman–Crippen MR) is 72.8 cm³/mol. The van der Waals surface area contributed by atoms with Gasteiger partial charge in [-0.2, -0.15) is 0 Å². The molecule has 1 N–H and O–H groups in total. The highest BCUT2D eigenvalue weighted by atomic mass is 35.5. The summed E-state index contributed by atoms with van der Waals surface area (Å²) in [6.45, 7) is 0. The van der Waals surface area contributed by atoms with Crippen LogP contribution in [0.2, 0.25) is 5.02 Å². The first kappa shape index (κ1) is 11.1. The first-order valence-corrected chi connectivity index (χ1v) is 5.95. The van der Waals surface area contributed by atoms with Gasteiger partial charge in [0.15, 0.2) is 0 Å². The van der Waals surface area contributed by atoms with Gasteiger partial charge in [-0.25, -0.2) is 4.98 Å². The Bertz CT molecular complexity index is 716. The largest absolute Gasteiger partial charge is 0.506 e. The van der Waals surface area contributed by atoms with E-state index in [0.717, 1.165) is 22.4 Å². The molecule has 0 atom stereocenters. The number of benzene rings is 2. The molecule has 3 rings (SSSR count). The third-order valence-corrected chi connectivity index (χ3v) is 3.23. The van der Waals surface area contributed by atoms with Crippen LogP contribution in [0.4, 0.5) is 0 Å². The molecule has 0 aliphatic carbocycles. The first-order chi connectivity index (χ1) is 8.66. The quantitative estimate of drug-likeness (QED) is 0.724. The minimum Gasteiger partial charge on any atom is -0.506 e. The van der Waals surface area contributed by atoms with Gasteiger partial charge in [-0.15, -0.1) is 0 Å². The van der Waals surface area contributed by atoms with Gasteiger partial charge in [-0.1, -0.05) is 17.7 Å². The van der Waals surface area contributed by atoms with Crippen LogP contribution in [0.5, 0.6) is 5.75 Å². The Kier molecular flexibility index (Phi) is 2.49. The Morgan fingerprint density at radius 2 is 1.83 bits per heavy atom. The molecule has 0 fully saturated rings. The summed E-state index contributed by atoms with van der Waals surface area (Å²) >= 11 is 5.88. The second-order valence-corrected chi connectivity index (χ2v) is 4.58. The van der Waals surface area contributed by atoms with Crippen molar-refractivity contribution in [2.45, 2.75) is 0 Å². The van der Waals surface area contributed by atoms with Gasteiger partial charge in [-0.05, 0) is 36.4 Å². The Balaban J connectivity index is 2.27. The van der Waals surface area contributed by atoms with Crippen molar-refractivity contribution in [3.63, 3.8) is 0 Å². The average molecular weight is 259 g/mol. The molecule has 0 radical (unpaired) electrons. The molecule has 0 saturated heterocycles. The van der Waals surface area contributed by atoms with E-state index in [0.29, 0.717) is 5.02 Å². The third-order valence-electron chi connectivity index (χ3n) is 2.98. The zero-order chi connectivity index (χ0) is 12.7.